The molecule has 0 saturated carbocycles. The second kappa shape index (κ2) is 5.84. The Morgan fingerprint density at radius 1 is 1.56 bits per heavy atom. The number of hydrogen-bond donors (Lipinski definition) is 2. The van der Waals surface area contributed by atoms with Crippen LogP contribution in [0, 0.1) is 11.8 Å². The molecule has 1 fully saturated rings. The summed E-state index contributed by atoms with van der Waals surface area (Å²) in [4.78, 5) is 24.5. The maximum absolute atomic E-state index is 11.5. The Morgan fingerprint density at radius 3 is 2.69 bits per heavy atom. The number of likely N-dealkylation sites (tertiary alicyclic amines) is 1. The van der Waals surface area contributed by atoms with E-state index < -0.39 is 11.9 Å². The predicted octanol–water partition coefficient (Wildman–Crippen LogP) is 0.165. The number of rotatable bonds is 5. The fourth-order valence-corrected chi connectivity index (χ4v) is 2.03. The molecule has 5 heteroatoms. The van der Waals surface area contributed by atoms with Crippen molar-refractivity contribution in [2.45, 2.75) is 19.8 Å². The highest BCUT2D eigenvalue weighted by atomic mass is 16.4. The third-order valence-corrected chi connectivity index (χ3v) is 3.08. The van der Waals surface area contributed by atoms with Gasteiger partial charge in [-0.25, -0.2) is 0 Å². The van der Waals surface area contributed by atoms with Gasteiger partial charge in [0.05, 0.1) is 0 Å². The van der Waals surface area contributed by atoms with Crippen LogP contribution in [0.4, 0.5) is 0 Å². The molecule has 1 aliphatic heterocycles. The highest BCUT2D eigenvalue weighted by Crippen LogP contribution is 2.13. The molecule has 0 aromatic carbocycles. The number of aliphatic carboxylic acids is 1. The minimum absolute atomic E-state index is 0.339. The van der Waals surface area contributed by atoms with Gasteiger partial charge in [0.25, 0.3) is 0 Å². The van der Waals surface area contributed by atoms with Crippen LogP contribution in [-0.2, 0) is 9.59 Å². The van der Waals surface area contributed by atoms with Crippen LogP contribution in [0.1, 0.15) is 19.8 Å². The van der Waals surface area contributed by atoms with Crippen LogP contribution >= 0.6 is 0 Å². The number of nitrogens with zero attached hydrogens (tertiary/aromatic N) is 1. The first kappa shape index (κ1) is 13.0. The van der Waals surface area contributed by atoms with Gasteiger partial charge in [-0.3, -0.25) is 9.59 Å². The van der Waals surface area contributed by atoms with Crippen molar-refractivity contribution in [1.82, 2.24) is 10.2 Å². The summed E-state index contributed by atoms with van der Waals surface area (Å²) in [5.74, 6) is -1.84. The van der Waals surface area contributed by atoms with E-state index in [1.54, 1.807) is 6.92 Å². The zero-order valence-electron chi connectivity index (χ0n) is 9.90. The SMILES string of the molecule is CCC(C(=O)O)C(=O)NCC1CCN(C)C1. The molecule has 1 aliphatic rings. The summed E-state index contributed by atoms with van der Waals surface area (Å²) in [5, 5.41) is 11.5. The number of amides is 1. The summed E-state index contributed by atoms with van der Waals surface area (Å²) < 4.78 is 0. The third kappa shape index (κ3) is 3.48. The Kier molecular flexibility index (Phi) is 4.73. The van der Waals surface area contributed by atoms with E-state index in [1.807, 2.05) is 7.05 Å². The molecule has 0 bridgehead atoms. The quantitative estimate of drug-likeness (QED) is 0.658. The molecule has 2 N–H and O–H groups in total. The number of carbonyl (C=O) groups is 2. The molecule has 0 aromatic rings. The Labute approximate surface area is 95.8 Å². The molecular weight excluding hydrogens is 208 g/mol. The van der Waals surface area contributed by atoms with E-state index in [0.29, 0.717) is 18.9 Å². The molecule has 1 rings (SSSR count). The number of hydrogen-bond acceptors (Lipinski definition) is 3. The third-order valence-electron chi connectivity index (χ3n) is 3.08. The lowest BCUT2D eigenvalue weighted by Gasteiger charge is -2.14. The maximum atomic E-state index is 11.5. The summed E-state index contributed by atoms with van der Waals surface area (Å²) in [7, 11) is 2.05. The minimum Gasteiger partial charge on any atom is -0.481 e. The summed E-state index contributed by atoms with van der Waals surface area (Å²) in [6.07, 6.45) is 1.41. The summed E-state index contributed by atoms with van der Waals surface area (Å²) >= 11 is 0. The first-order valence-corrected chi connectivity index (χ1v) is 5.73. The standard InChI is InChI=1S/C11H20N2O3/c1-3-9(11(15)16)10(14)12-6-8-4-5-13(2)7-8/h8-9H,3-7H2,1-2H3,(H,12,14)(H,15,16). The fourth-order valence-electron chi connectivity index (χ4n) is 2.03. The topological polar surface area (TPSA) is 69.6 Å². The van der Waals surface area contributed by atoms with Crippen LogP contribution in [0.15, 0.2) is 0 Å². The van der Waals surface area contributed by atoms with Crippen molar-refractivity contribution < 1.29 is 14.7 Å². The van der Waals surface area contributed by atoms with Crippen LogP contribution in [0.5, 0.6) is 0 Å². The van der Waals surface area contributed by atoms with Crippen molar-refractivity contribution in [3.8, 4) is 0 Å². The normalized spacial score (nSPS) is 23.0. The van der Waals surface area contributed by atoms with Gasteiger partial charge in [0.15, 0.2) is 0 Å². The van der Waals surface area contributed by atoms with Gasteiger partial charge in [-0.15, -0.1) is 0 Å². The second-order valence-electron chi connectivity index (χ2n) is 4.46. The van der Waals surface area contributed by atoms with Gasteiger partial charge < -0.3 is 15.3 Å². The van der Waals surface area contributed by atoms with Crippen molar-refractivity contribution in [3.63, 3.8) is 0 Å². The number of carbonyl (C=O) groups excluding carboxylic acids is 1. The van der Waals surface area contributed by atoms with Gasteiger partial charge in [0.2, 0.25) is 5.91 Å². The first-order valence-electron chi connectivity index (χ1n) is 5.73. The van der Waals surface area contributed by atoms with Gasteiger partial charge in [-0.2, -0.15) is 0 Å². The van der Waals surface area contributed by atoms with E-state index >= 15 is 0 Å². The second-order valence-corrected chi connectivity index (χ2v) is 4.46. The zero-order valence-corrected chi connectivity index (χ0v) is 9.90. The lowest BCUT2D eigenvalue weighted by Crippen LogP contribution is -2.38. The minimum atomic E-state index is -1.04. The van der Waals surface area contributed by atoms with Crippen LogP contribution in [0.3, 0.4) is 0 Å². The lowest BCUT2D eigenvalue weighted by atomic mass is 10.1. The van der Waals surface area contributed by atoms with Gasteiger partial charge >= 0.3 is 5.97 Å². The van der Waals surface area contributed by atoms with Crippen molar-refractivity contribution in [2.75, 3.05) is 26.7 Å². The average Bonchev–Trinajstić information content (AvgIpc) is 2.62. The summed E-state index contributed by atoms with van der Waals surface area (Å²) in [5.41, 5.74) is 0. The zero-order chi connectivity index (χ0) is 12.1. The Bertz CT molecular complexity index is 268. The van der Waals surface area contributed by atoms with Crippen LogP contribution < -0.4 is 5.32 Å². The van der Waals surface area contributed by atoms with E-state index in [9.17, 15) is 9.59 Å². The number of carboxylic acid groups (broad SMARTS) is 1. The van der Waals surface area contributed by atoms with E-state index in [2.05, 4.69) is 10.2 Å². The largest absolute Gasteiger partial charge is 0.481 e. The molecule has 1 saturated heterocycles. The number of carboxylic acids is 1. The Balaban J connectivity index is 2.31. The molecule has 5 nitrogen and oxygen atoms in total. The van der Waals surface area contributed by atoms with Gasteiger partial charge in [0, 0.05) is 13.1 Å². The Hall–Kier alpha value is -1.10. The molecule has 0 aromatic heterocycles. The lowest BCUT2D eigenvalue weighted by molar-refractivity contribution is -0.147. The van der Waals surface area contributed by atoms with Gasteiger partial charge in [-0.1, -0.05) is 6.92 Å². The van der Waals surface area contributed by atoms with Crippen LogP contribution in [-0.4, -0.2) is 48.6 Å². The molecule has 2 atom stereocenters. The molecule has 2 unspecified atom stereocenters. The maximum Gasteiger partial charge on any atom is 0.316 e. The highest BCUT2D eigenvalue weighted by Gasteiger charge is 2.25. The van der Waals surface area contributed by atoms with E-state index in [4.69, 9.17) is 5.11 Å². The van der Waals surface area contributed by atoms with Crippen molar-refractivity contribution in [1.29, 1.82) is 0 Å². The number of nitrogens with one attached hydrogen (secondary N) is 1. The van der Waals surface area contributed by atoms with Gasteiger partial charge in [-0.05, 0) is 32.4 Å². The average molecular weight is 228 g/mol. The summed E-state index contributed by atoms with van der Waals surface area (Å²) in [6, 6.07) is 0. The first-order chi connectivity index (χ1) is 7.54. The molecule has 0 radical (unpaired) electrons. The molecule has 16 heavy (non-hydrogen) atoms. The van der Waals surface area contributed by atoms with Crippen molar-refractivity contribution in [3.05, 3.63) is 0 Å². The fraction of sp³-hybridized carbons (Fsp3) is 0.818. The molecule has 0 spiro atoms. The molecule has 0 aliphatic carbocycles. The monoisotopic (exact) mass is 228 g/mol. The Morgan fingerprint density at radius 2 is 2.25 bits per heavy atom. The molecule has 92 valence electrons. The molecule has 1 amide bonds. The van der Waals surface area contributed by atoms with E-state index in [0.717, 1.165) is 19.5 Å². The van der Waals surface area contributed by atoms with Crippen molar-refractivity contribution >= 4 is 11.9 Å². The molecular formula is C11H20N2O3. The van der Waals surface area contributed by atoms with Crippen LogP contribution in [0.2, 0.25) is 0 Å². The van der Waals surface area contributed by atoms with Crippen LogP contribution in [0.25, 0.3) is 0 Å². The van der Waals surface area contributed by atoms with E-state index in [-0.39, 0.29) is 5.91 Å². The predicted molar refractivity (Wildman–Crippen MR) is 60.0 cm³/mol. The summed E-state index contributed by atoms with van der Waals surface area (Å²) in [6.45, 7) is 4.33. The van der Waals surface area contributed by atoms with E-state index in [1.165, 1.54) is 0 Å². The smallest absolute Gasteiger partial charge is 0.316 e. The van der Waals surface area contributed by atoms with Gasteiger partial charge in [0.1, 0.15) is 5.92 Å². The molecule has 1 heterocycles. The van der Waals surface area contributed by atoms with Crippen molar-refractivity contribution in [2.24, 2.45) is 11.8 Å². The highest BCUT2D eigenvalue weighted by molar-refractivity contribution is 5.96.